The van der Waals surface area contributed by atoms with E-state index in [4.69, 9.17) is 18.0 Å². The van der Waals surface area contributed by atoms with Crippen LogP contribution in [-0.2, 0) is 0 Å². The molecule has 0 spiro atoms. The van der Waals surface area contributed by atoms with Gasteiger partial charge in [-0.15, -0.1) is 0 Å². The minimum atomic E-state index is 0.0289. The van der Waals surface area contributed by atoms with Crippen molar-refractivity contribution >= 4 is 34.8 Å². The summed E-state index contributed by atoms with van der Waals surface area (Å²) in [6.07, 6.45) is 4.08. The van der Waals surface area contributed by atoms with E-state index in [0.717, 1.165) is 12.1 Å². The number of rotatable bonds is 3. The van der Waals surface area contributed by atoms with E-state index in [2.05, 4.69) is 68.3 Å². The smallest absolute Gasteiger partial charge is 0.184 e. The van der Waals surface area contributed by atoms with Crippen molar-refractivity contribution in [3.63, 3.8) is 0 Å². The number of nitrogens with two attached hydrogens (primary N) is 1. The fraction of sp³-hybridized carbons (Fsp3) is 0.412. The predicted molar refractivity (Wildman–Crippen MR) is 99.4 cm³/mol. The summed E-state index contributed by atoms with van der Waals surface area (Å²) in [4.78, 5) is 2.43. The zero-order valence-corrected chi connectivity index (χ0v) is 14.7. The zero-order chi connectivity index (χ0) is 16.5. The molecule has 5 heteroatoms. The van der Waals surface area contributed by atoms with Crippen molar-refractivity contribution in [1.82, 2.24) is 5.43 Å². The molecule has 0 aliphatic carbocycles. The number of likely N-dealkylation sites (N-methyl/N-ethyl adjacent to an activating group) is 1. The Kier molecular flexibility index (Phi) is 4.56. The van der Waals surface area contributed by atoms with Crippen molar-refractivity contribution in [2.24, 2.45) is 10.8 Å². The van der Waals surface area contributed by atoms with E-state index in [0.29, 0.717) is 0 Å². The number of benzene rings is 1. The molecule has 1 aliphatic heterocycles. The van der Waals surface area contributed by atoms with Crippen LogP contribution in [0.25, 0.3) is 5.57 Å². The summed E-state index contributed by atoms with van der Waals surface area (Å²) < 4.78 is 0. The van der Waals surface area contributed by atoms with Crippen LogP contribution < -0.4 is 16.1 Å². The number of nitrogens with zero attached hydrogens (tertiary/aromatic N) is 2. The highest BCUT2D eigenvalue weighted by Crippen LogP contribution is 2.39. The van der Waals surface area contributed by atoms with Gasteiger partial charge in [0.15, 0.2) is 5.11 Å². The Morgan fingerprint density at radius 3 is 2.68 bits per heavy atom. The highest BCUT2D eigenvalue weighted by atomic mass is 32.1. The summed E-state index contributed by atoms with van der Waals surface area (Å²) in [5.41, 5.74) is 14.1. The molecule has 0 saturated heterocycles. The van der Waals surface area contributed by atoms with E-state index in [1.54, 1.807) is 6.21 Å². The Bertz CT molecular complexity index is 659. The minimum absolute atomic E-state index is 0.0289. The van der Waals surface area contributed by atoms with Gasteiger partial charge in [-0.05, 0) is 75.7 Å². The highest BCUT2D eigenvalue weighted by molar-refractivity contribution is 7.80. The number of allylic oxidation sites excluding steroid dienone is 1. The van der Waals surface area contributed by atoms with Gasteiger partial charge in [0, 0.05) is 17.8 Å². The first kappa shape index (κ1) is 16.5. The van der Waals surface area contributed by atoms with Crippen LogP contribution in [0.2, 0.25) is 0 Å². The SMILES string of the molecule is CCN1c2cc(C)c(/C=N/NC(N)=S)cc2C(C)=CC1(C)C. The van der Waals surface area contributed by atoms with Crippen LogP contribution in [0.5, 0.6) is 0 Å². The predicted octanol–water partition coefficient (Wildman–Crippen LogP) is 3.18. The lowest BCUT2D eigenvalue weighted by Gasteiger charge is -2.43. The number of hydrazone groups is 1. The van der Waals surface area contributed by atoms with Crippen LogP contribution in [0.4, 0.5) is 5.69 Å². The van der Waals surface area contributed by atoms with Gasteiger partial charge in [-0.3, -0.25) is 5.43 Å². The van der Waals surface area contributed by atoms with Crippen molar-refractivity contribution in [1.29, 1.82) is 0 Å². The molecule has 0 aromatic heterocycles. The molecule has 0 radical (unpaired) electrons. The molecule has 1 aromatic rings. The first-order chi connectivity index (χ1) is 10.3. The van der Waals surface area contributed by atoms with Crippen LogP contribution in [0.3, 0.4) is 0 Å². The Balaban J connectivity index is 2.49. The lowest BCUT2D eigenvalue weighted by atomic mass is 9.87. The molecule has 0 saturated carbocycles. The average Bonchev–Trinajstić information content (AvgIpc) is 2.39. The van der Waals surface area contributed by atoms with Gasteiger partial charge < -0.3 is 10.6 Å². The third kappa shape index (κ3) is 3.14. The minimum Gasteiger partial charge on any atom is -0.375 e. The summed E-state index contributed by atoms with van der Waals surface area (Å²) in [5, 5.41) is 4.24. The maximum atomic E-state index is 5.38. The second-order valence-electron chi connectivity index (χ2n) is 6.19. The standard InChI is InChI=1S/C17H24N4S/c1-6-21-15-7-11(2)13(10-19-20-16(18)22)8-14(15)12(3)9-17(21,4)5/h7-10H,6H2,1-5H3,(H3,18,20,22)/b19-10+. The van der Waals surface area contributed by atoms with E-state index >= 15 is 0 Å². The quantitative estimate of drug-likeness (QED) is 0.511. The van der Waals surface area contributed by atoms with Gasteiger partial charge in [0.25, 0.3) is 0 Å². The van der Waals surface area contributed by atoms with Crippen molar-refractivity contribution in [2.45, 2.75) is 40.2 Å². The Morgan fingerprint density at radius 1 is 1.41 bits per heavy atom. The number of hydrogen-bond acceptors (Lipinski definition) is 3. The second-order valence-corrected chi connectivity index (χ2v) is 6.63. The maximum absolute atomic E-state index is 5.38. The Morgan fingerprint density at radius 2 is 2.09 bits per heavy atom. The monoisotopic (exact) mass is 316 g/mol. The molecule has 0 fully saturated rings. The number of nitrogens with one attached hydrogen (secondary N) is 1. The molecular formula is C17H24N4S. The van der Waals surface area contributed by atoms with Gasteiger partial charge in [0.2, 0.25) is 0 Å². The van der Waals surface area contributed by atoms with Gasteiger partial charge >= 0.3 is 0 Å². The van der Waals surface area contributed by atoms with Crippen LogP contribution in [-0.4, -0.2) is 23.4 Å². The van der Waals surface area contributed by atoms with Gasteiger partial charge in [-0.2, -0.15) is 5.10 Å². The van der Waals surface area contributed by atoms with Crippen LogP contribution in [0.15, 0.2) is 23.3 Å². The van der Waals surface area contributed by atoms with E-state index in [1.807, 2.05) is 0 Å². The Hall–Kier alpha value is -1.88. The molecule has 1 heterocycles. The normalized spacial score (nSPS) is 16.4. The van der Waals surface area contributed by atoms with Crippen molar-refractivity contribution < 1.29 is 0 Å². The van der Waals surface area contributed by atoms with E-state index in [-0.39, 0.29) is 10.7 Å². The van der Waals surface area contributed by atoms with Crippen molar-refractivity contribution in [3.05, 3.63) is 34.9 Å². The highest BCUT2D eigenvalue weighted by Gasteiger charge is 2.30. The molecule has 1 aliphatic rings. The number of aryl methyl sites for hydroxylation is 1. The molecule has 0 atom stereocenters. The average molecular weight is 316 g/mol. The van der Waals surface area contributed by atoms with Crippen LogP contribution >= 0.6 is 12.2 Å². The van der Waals surface area contributed by atoms with Crippen molar-refractivity contribution in [2.75, 3.05) is 11.4 Å². The maximum Gasteiger partial charge on any atom is 0.184 e. The fourth-order valence-corrected chi connectivity index (χ4v) is 3.18. The number of hydrogen-bond donors (Lipinski definition) is 2. The largest absolute Gasteiger partial charge is 0.375 e. The molecule has 3 N–H and O–H groups in total. The molecule has 22 heavy (non-hydrogen) atoms. The summed E-state index contributed by atoms with van der Waals surface area (Å²) >= 11 is 4.75. The number of fused-ring (bicyclic) bond motifs is 1. The van der Waals surface area contributed by atoms with Crippen molar-refractivity contribution in [3.8, 4) is 0 Å². The molecule has 4 nitrogen and oxygen atoms in total. The van der Waals surface area contributed by atoms with Gasteiger partial charge in [0.1, 0.15) is 0 Å². The summed E-state index contributed by atoms with van der Waals surface area (Å²) in [6, 6.07) is 4.42. The molecule has 0 amide bonds. The fourth-order valence-electron chi connectivity index (χ4n) is 3.13. The first-order valence-electron chi connectivity index (χ1n) is 7.47. The lowest BCUT2D eigenvalue weighted by Crippen LogP contribution is -2.45. The third-order valence-electron chi connectivity index (χ3n) is 4.06. The van der Waals surface area contributed by atoms with E-state index in [9.17, 15) is 0 Å². The first-order valence-corrected chi connectivity index (χ1v) is 7.87. The number of thiocarbonyl (C=S) groups is 1. The molecule has 118 valence electrons. The second kappa shape index (κ2) is 6.08. The Labute approximate surface area is 138 Å². The van der Waals surface area contributed by atoms with E-state index < -0.39 is 0 Å². The van der Waals surface area contributed by atoms with Crippen LogP contribution in [0.1, 0.15) is 44.4 Å². The molecule has 1 aromatic carbocycles. The zero-order valence-electron chi connectivity index (χ0n) is 13.9. The lowest BCUT2D eigenvalue weighted by molar-refractivity contribution is 0.566. The topological polar surface area (TPSA) is 53.6 Å². The van der Waals surface area contributed by atoms with Gasteiger partial charge in [-0.1, -0.05) is 6.08 Å². The van der Waals surface area contributed by atoms with Gasteiger partial charge in [0.05, 0.1) is 11.8 Å². The van der Waals surface area contributed by atoms with Crippen LogP contribution in [0, 0.1) is 6.92 Å². The molecular weight excluding hydrogens is 292 g/mol. The van der Waals surface area contributed by atoms with Gasteiger partial charge in [-0.25, -0.2) is 0 Å². The molecule has 0 unspecified atom stereocenters. The summed E-state index contributed by atoms with van der Waals surface area (Å²) in [5.74, 6) is 0. The summed E-state index contributed by atoms with van der Waals surface area (Å²) in [7, 11) is 0. The number of anilines is 1. The molecule has 0 bridgehead atoms. The molecule has 2 rings (SSSR count). The third-order valence-corrected chi connectivity index (χ3v) is 4.15. The summed E-state index contributed by atoms with van der Waals surface area (Å²) in [6.45, 7) is 11.9. The van der Waals surface area contributed by atoms with E-state index in [1.165, 1.54) is 22.4 Å².